The predicted octanol–water partition coefficient (Wildman–Crippen LogP) is 2.67. The molecule has 0 aliphatic rings. The third-order valence-electron chi connectivity index (χ3n) is 2.03. The maximum absolute atomic E-state index is 11.7. The molecule has 0 unspecified atom stereocenters. The summed E-state index contributed by atoms with van der Waals surface area (Å²) in [5.41, 5.74) is 0.608. The van der Waals surface area contributed by atoms with Gasteiger partial charge in [0.1, 0.15) is 0 Å². The van der Waals surface area contributed by atoms with Gasteiger partial charge >= 0.3 is 0 Å². The van der Waals surface area contributed by atoms with Crippen LogP contribution in [0.2, 0.25) is 0 Å². The molecule has 82 valence electrons. The lowest BCUT2D eigenvalue weighted by atomic mass is 10.1. The number of hydrogen-bond acceptors (Lipinski definition) is 3. The number of benzene rings is 1. The number of carbonyl (C=O) groups excluding carboxylic acids is 1. The monoisotopic (exact) mass is 272 g/mol. The summed E-state index contributed by atoms with van der Waals surface area (Å²) in [5.74, 6) is 1.21. The Kier molecular flexibility index (Phi) is 4.15. The van der Waals surface area contributed by atoms with Crippen molar-refractivity contribution in [1.29, 1.82) is 0 Å². The molecule has 0 aromatic heterocycles. The van der Waals surface area contributed by atoms with Crippen LogP contribution in [0.25, 0.3) is 0 Å². The summed E-state index contributed by atoms with van der Waals surface area (Å²) < 4.78 is 10.2. The van der Waals surface area contributed by atoms with E-state index < -0.39 is 0 Å². The van der Waals surface area contributed by atoms with Crippen LogP contribution in [0.5, 0.6) is 11.5 Å². The second kappa shape index (κ2) is 5.16. The van der Waals surface area contributed by atoms with E-state index in [9.17, 15) is 4.79 Å². The minimum absolute atomic E-state index is 0.0240. The summed E-state index contributed by atoms with van der Waals surface area (Å²) >= 11 is 3.24. The summed E-state index contributed by atoms with van der Waals surface area (Å²) in [5, 5.41) is 0. The van der Waals surface area contributed by atoms with Crippen LogP contribution in [-0.2, 0) is 0 Å². The molecular formula is C11H13BrO3. The molecule has 0 bridgehead atoms. The summed E-state index contributed by atoms with van der Waals surface area (Å²) in [6, 6.07) is 5.13. The average Bonchev–Trinajstić information content (AvgIpc) is 2.26. The molecule has 0 amide bonds. The molecule has 1 aromatic carbocycles. The van der Waals surface area contributed by atoms with Crippen LogP contribution in [0, 0.1) is 0 Å². The number of halogens is 1. The fraction of sp³-hybridized carbons (Fsp3) is 0.364. The van der Waals surface area contributed by atoms with Crippen molar-refractivity contribution in [2.75, 3.05) is 14.2 Å². The molecule has 0 spiro atoms. The van der Waals surface area contributed by atoms with Crippen LogP contribution < -0.4 is 9.47 Å². The Morgan fingerprint density at radius 3 is 2.33 bits per heavy atom. The average molecular weight is 273 g/mol. The van der Waals surface area contributed by atoms with E-state index in [0.29, 0.717) is 17.1 Å². The highest BCUT2D eigenvalue weighted by atomic mass is 79.9. The number of ether oxygens (including phenoxy) is 2. The number of alkyl halides is 1. The Bertz CT molecular complexity index is 361. The zero-order valence-corrected chi connectivity index (χ0v) is 10.5. The highest BCUT2D eigenvalue weighted by molar-refractivity contribution is 9.10. The molecule has 4 heteroatoms. The zero-order chi connectivity index (χ0) is 11.4. The number of carbonyl (C=O) groups is 1. The molecular weight excluding hydrogens is 260 g/mol. The maximum atomic E-state index is 11.7. The van der Waals surface area contributed by atoms with Gasteiger partial charge in [-0.05, 0) is 25.1 Å². The van der Waals surface area contributed by atoms with Crippen LogP contribution in [0.1, 0.15) is 17.3 Å². The van der Waals surface area contributed by atoms with Crippen LogP contribution in [-0.4, -0.2) is 24.8 Å². The van der Waals surface area contributed by atoms with E-state index in [1.807, 2.05) is 0 Å². The van der Waals surface area contributed by atoms with Crippen molar-refractivity contribution in [2.45, 2.75) is 11.8 Å². The van der Waals surface area contributed by atoms with Gasteiger partial charge in [0.2, 0.25) is 0 Å². The SMILES string of the molecule is COc1ccc(C(=O)[C@H](C)Br)cc1OC. The van der Waals surface area contributed by atoms with Gasteiger partial charge in [-0.1, -0.05) is 15.9 Å². The molecule has 3 nitrogen and oxygen atoms in total. The van der Waals surface area contributed by atoms with Crippen molar-refractivity contribution < 1.29 is 14.3 Å². The molecule has 0 N–H and O–H groups in total. The summed E-state index contributed by atoms with van der Waals surface area (Å²) in [6.45, 7) is 1.79. The number of hydrogen-bond donors (Lipinski definition) is 0. The fourth-order valence-electron chi connectivity index (χ4n) is 1.22. The van der Waals surface area contributed by atoms with Crippen molar-refractivity contribution in [3.8, 4) is 11.5 Å². The maximum Gasteiger partial charge on any atom is 0.176 e. The van der Waals surface area contributed by atoms with E-state index in [4.69, 9.17) is 9.47 Å². The molecule has 0 saturated heterocycles. The molecule has 1 aromatic rings. The Labute approximate surface area is 97.5 Å². The van der Waals surface area contributed by atoms with E-state index >= 15 is 0 Å². The standard InChI is InChI=1S/C11H13BrO3/c1-7(12)11(13)8-4-5-9(14-2)10(6-8)15-3/h4-7H,1-3H3/t7-/m0/s1. The molecule has 0 radical (unpaired) electrons. The van der Waals surface area contributed by atoms with Gasteiger partial charge in [-0.3, -0.25) is 4.79 Å². The molecule has 15 heavy (non-hydrogen) atoms. The van der Waals surface area contributed by atoms with Gasteiger partial charge in [0.25, 0.3) is 0 Å². The normalized spacial score (nSPS) is 12.0. The third kappa shape index (κ3) is 2.72. The summed E-state index contributed by atoms with van der Waals surface area (Å²) in [7, 11) is 3.11. The largest absolute Gasteiger partial charge is 0.493 e. The first kappa shape index (κ1) is 12.0. The second-order valence-electron chi connectivity index (χ2n) is 3.05. The lowest BCUT2D eigenvalue weighted by molar-refractivity contribution is 0.0995. The number of rotatable bonds is 4. The fourth-order valence-corrected chi connectivity index (χ4v) is 1.48. The van der Waals surface area contributed by atoms with Crippen molar-refractivity contribution >= 4 is 21.7 Å². The van der Waals surface area contributed by atoms with Gasteiger partial charge in [-0.2, -0.15) is 0 Å². The Morgan fingerprint density at radius 1 is 1.27 bits per heavy atom. The smallest absolute Gasteiger partial charge is 0.176 e. The molecule has 0 heterocycles. The van der Waals surface area contributed by atoms with E-state index in [1.54, 1.807) is 39.3 Å². The van der Waals surface area contributed by atoms with Crippen molar-refractivity contribution in [1.82, 2.24) is 0 Å². The van der Waals surface area contributed by atoms with E-state index in [2.05, 4.69) is 15.9 Å². The first-order chi connectivity index (χ1) is 7.10. The van der Waals surface area contributed by atoms with Crippen molar-refractivity contribution in [3.05, 3.63) is 23.8 Å². The van der Waals surface area contributed by atoms with Gasteiger partial charge in [0.05, 0.1) is 19.0 Å². The lowest BCUT2D eigenvalue weighted by Crippen LogP contribution is -2.10. The molecule has 0 fully saturated rings. The Balaban J connectivity index is 3.08. The van der Waals surface area contributed by atoms with Crippen LogP contribution in [0.3, 0.4) is 0 Å². The molecule has 0 saturated carbocycles. The van der Waals surface area contributed by atoms with Gasteiger partial charge in [-0.25, -0.2) is 0 Å². The zero-order valence-electron chi connectivity index (χ0n) is 8.91. The minimum Gasteiger partial charge on any atom is -0.493 e. The third-order valence-corrected chi connectivity index (χ3v) is 2.45. The molecule has 1 rings (SSSR count). The molecule has 0 aliphatic heterocycles. The Morgan fingerprint density at radius 2 is 1.87 bits per heavy atom. The van der Waals surface area contributed by atoms with Crippen molar-refractivity contribution in [2.24, 2.45) is 0 Å². The van der Waals surface area contributed by atoms with Gasteiger partial charge in [0, 0.05) is 5.56 Å². The van der Waals surface area contributed by atoms with Crippen LogP contribution in [0.4, 0.5) is 0 Å². The number of Topliss-reactive ketones (excluding diaryl/α,β-unsaturated/α-hetero) is 1. The highest BCUT2D eigenvalue weighted by Gasteiger charge is 2.14. The lowest BCUT2D eigenvalue weighted by Gasteiger charge is -2.09. The highest BCUT2D eigenvalue weighted by Crippen LogP contribution is 2.28. The second-order valence-corrected chi connectivity index (χ2v) is 4.42. The Hall–Kier alpha value is -1.03. The molecule has 0 aliphatic carbocycles. The van der Waals surface area contributed by atoms with Gasteiger partial charge in [-0.15, -0.1) is 0 Å². The van der Waals surface area contributed by atoms with E-state index in [0.717, 1.165) is 0 Å². The van der Waals surface area contributed by atoms with Gasteiger partial charge < -0.3 is 9.47 Å². The first-order valence-corrected chi connectivity index (χ1v) is 5.42. The first-order valence-electron chi connectivity index (χ1n) is 4.50. The van der Waals surface area contributed by atoms with E-state index in [1.165, 1.54) is 0 Å². The number of ketones is 1. The number of methoxy groups -OCH3 is 2. The van der Waals surface area contributed by atoms with Crippen LogP contribution >= 0.6 is 15.9 Å². The quantitative estimate of drug-likeness (QED) is 0.625. The predicted molar refractivity (Wildman–Crippen MR) is 62.3 cm³/mol. The minimum atomic E-state index is -0.199. The summed E-state index contributed by atoms with van der Waals surface area (Å²) in [4.78, 5) is 11.5. The van der Waals surface area contributed by atoms with Crippen molar-refractivity contribution in [3.63, 3.8) is 0 Å². The molecule has 1 atom stereocenters. The van der Waals surface area contributed by atoms with E-state index in [-0.39, 0.29) is 10.6 Å². The summed E-state index contributed by atoms with van der Waals surface area (Å²) in [6.07, 6.45) is 0. The van der Waals surface area contributed by atoms with Crippen LogP contribution in [0.15, 0.2) is 18.2 Å². The van der Waals surface area contributed by atoms with Gasteiger partial charge in [0.15, 0.2) is 17.3 Å². The topological polar surface area (TPSA) is 35.5 Å².